The number of carbonyl (C=O) groups is 2. The Hall–Kier alpha value is -3.73. The number of nitrogens with zero attached hydrogens (tertiary/aromatic N) is 3. The maximum atomic E-state index is 13.4. The SMILES string of the molecule is COc1ccc(N2CCN(CCCNC(=O)C(=O)Nc3ccc(F)c([N+](=O)[O-])c3)CC2)cc1. The van der Waals surface area contributed by atoms with E-state index >= 15 is 0 Å². The van der Waals surface area contributed by atoms with Crippen molar-refractivity contribution in [3.63, 3.8) is 0 Å². The molecule has 0 saturated carbocycles. The average Bonchev–Trinajstić information content (AvgIpc) is 2.83. The fourth-order valence-corrected chi connectivity index (χ4v) is 3.53. The monoisotopic (exact) mass is 459 g/mol. The van der Waals surface area contributed by atoms with Gasteiger partial charge in [-0.1, -0.05) is 0 Å². The number of hydrogen-bond donors (Lipinski definition) is 2. The van der Waals surface area contributed by atoms with Gasteiger partial charge in [0.15, 0.2) is 0 Å². The average molecular weight is 459 g/mol. The molecule has 2 aromatic rings. The molecule has 10 nitrogen and oxygen atoms in total. The van der Waals surface area contributed by atoms with Crippen LogP contribution in [-0.2, 0) is 9.59 Å². The Morgan fingerprint density at radius 3 is 2.42 bits per heavy atom. The zero-order valence-electron chi connectivity index (χ0n) is 18.3. The molecule has 3 rings (SSSR count). The van der Waals surface area contributed by atoms with Gasteiger partial charge in [0.25, 0.3) is 0 Å². The van der Waals surface area contributed by atoms with Gasteiger partial charge in [-0.2, -0.15) is 4.39 Å². The van der Waals surface area contributed by atoms with Gasteiger partial charge in [0.2, 0.25) is 5.82 Å². The van der Waals surface area contributed by atoms with Gasteiger partial charge in [-0.15, -0.1) is 0 Å². The molecule has 0 aromatic heterocycles. The summed E-state index contributed by atoms with van der Waals surface area (Å²) in [5.74, 6) is -2.02. The maximum Gasteiger partial charge on any atom is 0.313 e. The van der Waals surface area contributed by atoms with Crippen LogP contribution in [0.5, 0.6) is 5.75 Å². The number of nitro groups is 1. The number of benzene rings is 2. The van der Waals surface area contributed by atoms with Crippen molar-refractivity contribution >= 4 is 28.9 Å². The van der Waals surface area contributed by atoms with Crippen LogP contribution in [0.4, 0.5) is 21.5 Å². The summed E-state index contributed by atoms with van der Waals surface area (Å²) in [5.41, 5.74) is 0.346. The van der Waals surface area contributed by atoms with Crippen molar-refractivity contribution in [2.45, 2.75) is 6.42 Å². The minimum absolute atomic E-state index is 0.0296. The smallest absolute Gasteiger partial charge is 0.313 e. The molecule has 0 bridgehead atoms. The zero-order chi connectivity index (χ0) is 23.8. The van der Waals surface area contributed by atoms with Gasteiger partial charge in [-0.25, -0.2) is 0 Å². The van der Waals surface area contributed by atoms with E-state index in [9.17, 15) is 24.1 Å². The molecule has 176 valence electrons. The standard InChI is InChI=1S/C22H26FN5O5/c1-33-18-6-4-17(5-7-18)27-13-11-26(12-14-27)10-2-9-24-21(29)22(30)25-16-3-8-19(23)20(15-16)28(31)32/h3-8,15H,2,9-14H2,1H3,(H,24,29)(H,25,30). The highest BCUT2D eigenvalue weighted by Crippen LogP contribution is 2.22. The number of carbonyl (C=O) groups excluding carboxylic acids is 2. The van der Waals surface area contributed by atoms with Gasteiger partial charge < -0.3 is 20.3 Å². The fraction of sp³-hybridized carbons (Fsp3) is 0.364. The van der Waals surface area contributed by atoms with Crippen molar-refractivity contribution < 1.29 is 23.6 Å². The summed E-state index contributed by atoms with van der Waals surface area (Å²) in [6.07, 6.45) is 0.670. The molecule has 0 unspecified atom stereocenters. The first kappa shape index (κ1) is 23.9. The van der Waals surface area contributed by atoms with Gasteiger partial charge in [-0.3, -0.25) is 24.6 Å². The third-order valence-corrected chi connectivity index (χ3v) is 5.35. The molecule has 1 aliphatic heterocycles. The third-order valence-electron chi connectivity index (χ3n) is 5.35. The van der Waals surface area contributed by atoms with Crippen LogP contribution < -0.4 is 20.3 Å². The Labute approximate surface area is 190 Å². The molecule has 2 aromatic carbocycles. The molecule has 1 aliphatic rings. The summed E-state index contributed by atoms with van der Waals surface area (Å²) >= 11 is 0. The predicted molar refractivity (Wildman–Crippen MR) is 121 cm³/mol. The van der Waals surface area contributed by atoms with Gasteiger partial charge in [-0.05, 0) is 49.4 Å². The number of anilines is 2. The fourth-order valence-electron chi connectivity index (χ4n) is 3.53. The highest BCUT2D eigenvalue weighted by molar-refractivity contribution is 6.39. The second kappa shape index (κ2) is 11.2. The number of nitrogens with one attached hydrogen (secondary N) is 2. The number of hydrogen-bond acceptors (Lipinski definition) is 7. The van der Waals surface area contributed by atoms with Crippen molar-refractivity contribution in [3.8, 4) is 5.75 Å². The molecule has 2 N–H and O–H groups in total. The second-order valence-electron chi connectivity index (χ2n) is 7.51. The van der Waals surface area contributed by atoms with E-state index in [0.29, 0.717) is 13.0 Å². The quantitative estimate of drug-likeness (QED) is 0.268. The Bertz CT molecular complexity index is 993. The Morgan fingerprint density at radius 1 is 1.09 bits per heavy atom. The van der Waals surface area contributed by atoms with Crippen LogP contribution >= 0.6 is 0 Å². The van der Waals surface area contributed by atoms with Crippen molar-refractivity contribution in [1.29, 1.82) is 0 Å². The van der Waals surface area contributed by atoms with Crippen molar-refractivity contribution in [2.75, 3.05) is 56.6 Å². The number of halogens is 1. The molecule has 33 heavy (non-hydrogen) atoms. The van der Waals surface area contributed by atoms with Crippen molar-refractivity contribution in [3.05, 3.63) is 58.4 Å². The highest BCUT2D eigenvalue weighted by atomic mass is 19.1. The predicted octanol–water partition coefficient (Wildman–Crippen LogP) is 2.01. The van der Waals surface area contributed by atoms with Crippen LogP contribution in [0.15, 0.2) is 42.5 Å². The molecular formula is C22H26FN5O5. The lowest BCUT2D eigenvalue weighted by atomic mass is 10.2. The first-order chi connectivity index (χ1) is 15.9. The number of piperazine rings is 1. The number of amides is 2. The van der Waals surface area contributed by atoms with E-state index in [1.807, 2.05) is 24.3 Å². The van der Waals surface area contributed by atoms with Gasteiger partial charge in [0.1, 0.15) is 5.75 Å². The molecule has 0 atom stereocenters. The molecule has 2 amide bonds. The molecule has 1 heterocycles. The van der Waals surface area contributed by atoms with E-state index in [1.54, 1.807) is 7.11 Å². The number of ether oxygens (including phenoxy) is 1. The number of nitro benzene ring substituents is 1. The molecule has 11 heteroatoms. The van der Waals surface area contributed by atoms with Crippen LogP contribution in [-0.4, -0.2) is 68.0 Å². The van der Waals surface area contributed by atoms with E-state index in [-0.39, 0.29) is 5.69 Å². The van der Waals surface area contributed by atoms with E-state index in [0.717, 1.165) is 62.4 Å². The van der Waals surface area contributed by atoms with Crippen LogP contribution in [0.1, 0.15) is 6.42 Å². The molecule has 1 saturated heterocycles. The lowest BCUT2D eigenvalue weighted by molar-refractivity contribution is -0.387. The largest absolute Gasteiger partial charge is 0.497 e. The van der Waals surface area contributed by atoms with Crippen LogP contribution in [0.2, 0.25) is 0 Å². The lowest BCUT2D eigenvalue weighted by Crippen LogP contribution is -2.47. The number of rotatable bonds is 8. The summed E-state index contributed by atoms with van der Waals surface area (Å²) < 4.78 is 18.6. The first-order valence-corrected chi connectivity index (χ1v) is 10.5. The maximum absolute atomic E-state index is 13.4. The molecule has 1 fully saturated rings. The summed E-state index contributed by atoms with van der Waals surface area (Å²) in [6, 6.07) is 10.8. The highest BCUT2D eigenvalue weighted by Gasteiger charge is 2.19. The Morgan fingerprint density at radius 2 is 1.79 bits per heavy atom. The summed E-state index contributed by atoms with van der Waals surface area (Å²) in [6.45, 7) is 4.67. The summed E-state index contributed by atoms with van der Waals surface area (Å²) in [7, 11) is 1.64. The molecular weight excluding hydrogens is 433 g/mol. The third kappa shape index (κ3) is 6.62. The lowest BCUT2D eigenvalue weighted by Gasteiger charge is -2.36. The van der Waals surface area contributed by atoms with Crippen LogP contribution in [0.3, 0.4) is 0 Å². The topological polar surface area (TPSA) is 117 Å². The van der Waals surface area contributed by atoms with Crippen molar-refractivity contribution in [2.24, 2.45) is 0 Å². The molecule has 0 aliphatic carbocycles. The van der Waals surface area contributed by atoms with E-state index in [4.69, 9.17) is 4.74 Å². The van der Waals surface area contributed by atoms with Gasteiger partial charge in [0, 0.05) is 50.2 Å². The van der Waals surface area contributed by atoms with E-state index < -0.39 is 28.2 Å². The van der Waals surface area contributed by atoms with Crippen LogP contribution in [0, 0.1) is 15.9 Å². The minimum atomic E-state index is -1.02. The van der Waals surface area contributed by atoms with Crippen molar-refractivity contribution in [1.82, 2.24) is 10.2 Å². The van der Waals surface area contributed by atoms with E-state index in [1.165, 1.54) is 0 Å². The Balaban J connectivity index is 1.35. The first-order valence-electron chi connectivity index (χ1n) is 10.5. The van der Waals surface area contributed by atoms with E-state index in [2.05, 4.69) is 20.4 Å². The Kier molecular flexibility index (Phi) is 8.14. The normalized spacial score (nSPS) is 13.9. The minimum Gasteiger partial charge on any atom is -0.497 e. The summed E-state index contributed by atoms with van der Waals surface area (Å²) in [5, 5.41) is 15.5. The van der Waals surface area contributed by atoms with Crippen LogP contribution in [0.25, 0.3) is 0 Å². The van der Waals surface area contributed by atoms with Gasteiger partial charge in [0.05, 0.1) is 12.0 Å². The van der Waals surface area contributed by atoms with Gasteiger partial charge >= 0.3 is 17.5 Å². The zero-order valence-corrected chi connectivity index (χ0v) is 18.3. The molecule has 0 radical (unpaired) electrons. The second-order valence-corrected chi connectivity index (χ2v) is 7.51. The number of methoxy groups -OCH3 is 1. The summed E-state index contributed by atoms with van der Waals surface area (Å²) in [4.78, 5) is 38.4. The molecule has 0 spiro atoms.